The quantitative estimate of drug-likeness (QED) is 0.783. The molecule has 1 unspecified atom stereocenters. The lowest BCUT2D eigenvalue weighted by molar-refractivity contribution is 0.0912. The molecule has 1 atom stereocenters. The number of amides is 1. The Balaban J connectivity index is 1.95. The van der Waals surface area contributed by atoms with Gasteiger partial charge in [-0.2, -0.15) is 0 Å². The van der Waals surface area contributed by atoms with E-state index in [2.05, 4.69) is 10.3 Å². The molecule has 1 amide bonds. The first-order chi connectivity index (χ1) is 11.6. The largest absolute Gasteiger partial charge is 0.497 e. The Hall–Kier alpha value is -3.02. The number of hydrogen-bond donors (Lipinski definition) is 1. The number of benzene rings is 1. The topological polar surface area (TPSA) is 69.3 Å². The third-order valence-electron chi connectivity index (χ3n) is 3.91. The van der Waals surface area contributed by atoms with Crippen LogP contribution in [0.3, 0.4) is 0 Å². The Morgan fingerprint density at radius 2 is 2.04 bits per heavy atom. The second kappa shape index (κ2) is 6.62. The van der Waals surface area contributed by atoms with Gasteiger partial charge in [-0.1, -0.05) is 12.1 Å². The number of hydrogen-bond acceptors (Lipinski definition) is 4. The summed E-state index contributed by atoms with van der Waals surface area (Å²) in [5.74, 6) is 1.52. The van der Waals surface area contributed by atoms with Gasteiger partial charge in [0.2, 0.25) is 0 Å². The molecule has 1 aromatic carbocycles. The van der Waals surface area contributed by atoms with E-state index in [1.54, 1.807) is 19.4 Å². The van der Waals surface area contributed by atoms with Crippen molar-refractivity contribution in [2.24, 2.45) is 7.05 Å². The Morgan fingerprint density at radius 3 is 2.58 bits per heavy atom. The summed E-state index contributed by atoms with van der Waals surface area (Å²) in [7, 11) is 3.51. The number of nitrogens with zero attached hydrogens (tertiary/aromatic N) is 2. The summed E-state index contributed by atoms with van der Waals surface area (Å²) in [6.45, 7) is 1.83. The third kappa shape index (κ3) is 3.03. The summed E-state index contributed by atoms with van der Waals surface area (Å²) in [4.78, 5) is 17.0. The van der Waals surface area contributed by atoms with Crippen molar-refractivity contribution in [1.29, 1.82) is 0 Å². The number of aryl methyl sites for hydroxylation is 2. The zero-order valence-corrected chi connectivity index (χ0v) is 13.8. The molecule has 2 aromatic heterocycles. The molecular weight excluding hydrogens is 306 g/mol. The van der Waals surface area contributed by atoms with Crippen molar-refractivity contribution < 1.29 is 13.9 Å². The van der Waals surface area contributed by atoms with E-state index in [0.29, 0.717) is 5.76 Å². The van der Waals surface area contributed by atoms with Crippen LogP contribution in [0.15, 0.2) is 53.4 Å². The van der Waals surface area contributed by atoms with E-state index < -0.39 is 6.04 Å². The van der Waals surface area contributed by atoms with Crippen molar-refractivity contribution in [3.63, 3.8) is 0 Å². The second-order valence-corrected chi connectivity index (χ2v) is 5.51. The zero-order valence-electron chi connectivity index (χ0n) is 13.8. The normalized spacial score (nSPS) is 12.0. The van der Waals surface area contributed by atoms with Crippen molar-refractivity contribution in [3.8, 4) is 5.75 Å². The highest BCUT2D eigenvalue weighted by atomic mass is 16.5. The molecule has 2 heterocycles. The first kappa shape index (κ1) is 15.9. The maximum Gasteiger partial charge on any atom is 0.288 e. The van der Waals surface area contributed by atoms with Gasteiger partial charge in [0.05, 0.1) is 13.4 Å². The molecule has 3 aromatic rings. The number of furan rings is 1. The van der Waals surface area contributed by atoms with Gasteiger partial charge in [-0.15, -0.1) is 0 Å². The molecule has 0 saturated heterocycles. The van der Waals surface area contributed by atoms with Gasteiger partial charge in [0.15, 0.2) is 5.76 Å². The highest BCUT2D eigenvalue weighted by Crippen LogP contribution is 2.24. The van der Waals surface area contributed by atoms with Crippen molar-refractivity contribution in [3.05, 3.63) is 71.7 Å². The highest BCUT2D eigenvalue weighted by molar-refractivity contribution is 5.93. The molecule has 124 valence electrons. The standard InChI is InChI=1S/C18H19N3O3/c1-12-8-11-24-16(12)18(22)20-15(17-19-9-10-21(17)2)13-4-6-14(23-3)7-5-13/h4-11,15H,1-3H3,(H,20,22). The number of ether oxygens (including phenoxy) is 1. The van der Waals surface area contributed by atoms with E-state index in [4.69, 9.17) is 9.15 Å². The molecule has 6 nitrogen and oxygen atoms in total. The monoisotopic (exact) mass is 325 g/mol. The van der Waals surface area contributed by atoms with E-state index in [1.807, 2.05) is 49.0 Å². The number of carbonyl (C=O) groups is 1. The molecule has 3 rings (SSSR count). The first-order valence-corrected chi connectivity index (χ1v) is 7.56. The fourth-order valence-electron chi connectivity index (χ4n) is 2.55. The molecule has 0 bridgehead atoms. The van der Waals surface area contributed by atoms with Crippen LogP contribution >= 0.6 is 0 Å². The molecular formula is C18H19N3O3. The number of methoxy groups -OCH3 is 1. The number of nitrogens with one attached hydrogen (secondary N) is 1. The SMILES string of the molecule is COc1ccc(C(NC(=O)c2occc2C)c2nccn2C)cc1. The molecule has 0 spiro atoms. The van der Waals surface area contributed by atoms with Crippen LogP contribution in [0.2, 0.25) is 0 Å². The van der Waals surface area contributed by atoms with Crippen LogP contribution in [-0.2, 0) is 7.05 Å². The van der Waals surface area contributed by atoms with Crippen LogP contribution in [0.1, 0.15) is 33.5 Å². The van der Waals surface area contributed by atoms with Crippen molar-refractivity contribution in [2.45, 2.75) is 13.0 Å². The first-order valence-electron chi connectivity index (χ1n) is 7.56. The van der Waals surface area contributed by atoms with Crippen LogP contribution in [0, 0.1) is 6.92 Å². The number of rotatable bonds is 5. The van der Waals surface area contributed by atoms with Gasteiger partial charge in [-0.25, -0.2) is 4.98 Å². The number of carbonyl (C=O) groups excluding carboxylic acids is 1. The van der Waals surface area contributed by atoms with Crippen LogP contribution in [0.25, 0.3) is 0 Å². The van der Waals surface area contributed by atoms with E-state index in [-0.39, 0.29) is 5.91 Å². The fourth-order valence-corrected chi connectivity index (χ4v) is 2.55. The predicted molar refractivity (Wildman–Crippen MR) is 89.0 cm³/mol. The lowest BCUT2D eigenvalue weighted by Crippen LogP contribution is -2.31. The molecule has 0 saturated carbocycles. The summed E-state index contributed by atoms with van der Waals surface area (Å²) in [5, 5.41) is 3.00. The van der Waals surface area contributed by atoms with E-state index >= 15 is 0 Å². The molecule has 24 heavy (non-hydrogen) atoms. The molecule has 0 aliphatic carbocycles. The van der Waals surface area contributed by atoms with Gasteiger partial charge >= 0.3 is 0 Å². The van der Waals surface area contributed by atoms with Gasteiger partial charge in [-0.3, -0.25) is 4.79 Å². The predicted octanol–water partition coefficient (Wildman–Crippen LogP) is 2.85. The molecule has 0 aliphatic rings. The van der Waals surface area contributed by atoms with Crippen LogP contribution in [-0.4, -0.2) is 22.6 Å². The highest BCUT2D eigenvalue weighted by Gasteiger charge is 2.23. The van der Waals surface area contributed by atoms with Crippen molar-refractivity contribution >= 4 is 5.91 Å². The maximum atomic E-state index is 12.6. The smallest absolute Gasteiger partial charge is 0.288 e. The lowest BCUT2D eigenvalue weighted by atomic mass is 10.1. The average Bonchev–Trinajstić information content (AvgIpc) is 3.21. The summed E-state index contributed by atoms with van der Waals surface area (Å²) in [5.41, 5.74) is 1.70. The van der Waals surface area contributed by atoms with E-state index in [0.717, 1.165) is 22.7 Å². The summed E-state index contributed by atoms with van der Waals surface area (Å²) < 4.78 is 12.4. The van der Waals surface area contributed by atoms with Crippen molar-refractivity contribution in [1.82, 2.24) is 14.9 Å². The Labute approximate surface area is 140 Å². The minimum atomic E-state index is -0.395. The Kier molecular flexibility index (Phi) is 4.37. The van der Waals surface area contributed by atoms with Gasteiger partial charge in [-0.05, 0) is 30.7 Å². The fraction of sp³-hybridized carbons (Fsp3) is 0.222. The molecule has 0 radical (unpaired) electrons. The molecule has 0 aliphatic heterocycles. The van der Waals surface area contributed by atoms with Crippen LogP contribution < -0.4 is 10.1 Å². The van der Waals surface area contributed by atoms with Gasteiger partial charge in [0.25, 0.3) is 5.91 Å². The Bertz CT molecular complexity index is 833. The van der Waals surface area contributed by atoms with Crippen LogP contribution in [0.5, 0.6) is 5.75 Å². The lowest BCUT2D eigenvalue weighted by Gasteiger charge is -2.19. The molecule has 1 N–H and O–H groups in total. The number of imidazole rings is 1. The molecule has 6 heteroatoms. The average molecular weight is 325 g/mol. The van der Waals surface area contributed by atoms with E-state index in [1.165, 1.54) is 6.26 Å². The minimum absolute atomic E-state index is 0.277. The second-order valence-electron chi connectivity index (χ2n) is 5.51. The summed E-state index contributed by atoms with van der Waals surface area (Å²) >= 11 is 0. The Morgan fingerprint density at radius 1 is 1.29 bits per heavy atom. The maximum absolute atomic E-state index is 12.6. The minimum Gasteiger partial charge on any atom is -0.497 e. The third-order valence-corrected chi connectivity index (χ3v) is 3.91. The van der Waals surface area contributed by atoms with Gasteiger partial charge in [0, 0.05) is 25.0 Å². The van der Waals surface area contributed by atoms with E-state index in [9.17, 15) is 4.79 Å². The number of aromatic nitrogens is 2. The van der Waals surface area contributed by atoms with Crippen molar-refractivity contribution in [2.75, 3.05) is 7.11 Å². The summed E-state index contributed by atoms with van der Waals surface area (Å²) in [6.07, 6.45) is 5.06. The molecule has 0 fully saturated rings. The van der Waals surface area contributed by atoms with Gasteiger partial charge in [0.1, 0.15) is 17.6 Å². The van der Waals surface area contributed by atoms with Gasteiger partial charge < -0.3 is 19.0 Å². The zero-order chi connectivity index (χ0) is 17.1. The van der Waals surface area contributed by atoms with Crippen LogP contribution in [0.4, 0.5) is 0 Å². The summed E-state index contributed by atoms with van der Waals surface area (Å²) in [6, 6.07) is 8.90.